The molecular weight excluding hydrogens is 380 g/mol. The first kappa shape index (κ1) is 18.3. The molecule has 0 spiro atoms. The highest BCUT2D eigenvalue weighted by atomic mass is 32.2. The number of benzene rings is 2. The first-order valence-electron chi connectivity index (χ1n) is 10.1. The summed E-state index contributed by atoms with van der Waals surface area (Å²) < 4.78 is 1.95. The van der Waals surface area contributed by atoms with Crippen LogP contribution in [0.3, 0.4) is 0 Å². The third-order valence-electron chi connectivity index (χ3n) is 5.50. The maximum atomic E-state index is 12.8. The molecule has 5 rings (SSSR count). The predicted octanol–water partition coefficient (Wildman–Crippen LogP) is 5.23. The van der Waals surface area contributed by atoms with E-state index in [4.69, 9.17) is 0 Å². The number of para-hydroxylation sites is 2. The number of hydrogen-bond donors (Lipinski definition) is 1. The van der Waals surface area contributed by atoms with Gasteiger partial charge in [-0.15, -0.1) is 0 Å². The van der Waals surface area contributed by atoms with Crippen molar-refractivity contribution in [3.8, 4) is 0 Å². The molecule has 1 aliphatic carbocycles. The van der Waals surface area contributed by atoms with Gasteiger partial charge < -0.3 is 10.2 Å². The molecule has 0 bridgehead atoms. The third kappa shape index (κ3) is 3.77. The highest BCUT2D eigenvalue weighted by Crippen LogP contribution is 2.47. The van der Waals surface area contributed by atoms with Gasteiger partial charge in [0.25, 0.3) is 0 Å². The summed E-state index contributed by atoms with van der Waals surface area (Å²) in [7, 11) is 0. The molecule has 1 aliphatic heterocycles. The Bertz CT molecular complexity index is 1010. The van der Waals surface area contributed by atoms with Crippen LogP contribution in [0.15, 0.2) is 64.5 Å². The molecule has 1 fully saturated rings. The first-order valence-corrected chi connectivity index (χ1v) is 11.0. The summed E-state index contributed by atoms with van der Waals surface area (Å²) >= 11 is 1.79. The molecule has 0 unspecified atom stereocenters. The summed E-state index contributed by atoms with van der Waals surface area (Å²) in [6.07, 6.45) is 4.78. The number of amides is 1. The molecule has 2 heterocycles. The molecule has 2 aromatic carbocycles. The summed E-state index contributed by atoms with van der Waals surface area (Å²) in [5.74, 6) is 1.58. The molecular formula is C23H24N4OS. The number of carbonyl (C=O) groups excluding carboxylic acids is 1. The molecule has 2 aliphatic rings. The number of rotatable bonds is 6. The third-order valence-corrected chi connectivity index (χ3v) is 6.63. The number of hydrogen-bond acceptors (Lipinski definition) is 4. The Morgan fingerprint density at radius 3 is 2.41 bits per heavy atom. The van der Waals surface area contributed by atoms with E-state index < -0.39 is 0 Å². The average molecular weight is 405 g/mol. The van der Waals surface area contributed by atoms with Gasteiger partial charge in [0, 0.05) is 34.9 Å². The van der Waals surface area contributed by atoms with Crippen molar-refractivity contribution in [1.82, 2.24) is 9.78 Å². The fourth-order valence-electron chi connectivity index (χ4n) is 3.76. The number of aromatic nitrogens is 2. The maximum absolute atomic E-state index is 12.8. The summed E-state index contributed by atoms with van der Waals surface area (Å²) in [5, 5.41) is 7.56. The van der Waals surface area contributed by atoms with Crippen LogP contribution in [-0.2, 0) is 11.3 Å². The van der Waals surface area contributed by atoms with Crippen molar-refractivity contribution in [2.75, 3.05) is 16.8 Å². The van der Waals surface area contributed by atoms with Crippen molar-refractivity contribution in [2.45, 2.75) is 42.5 Å². The molecule has 1 aromatic heterocycles. The Morgan fingerprint density at radius 1 is 1.10 bits per heavy atom. The topological polar surface area (TPSA) is 50.2 Å². The molecule has 1 amide bonds. The van der Waals surface area contributed by atoms with Crippen LogP contribution in [0.4, 0.5) is 17.2 Å². The Balaban J connectivity index is 1.32. The van der Waals surface area contributed by atoms with Gasteiger partial charge in [0.2, 0.25) is 5.91 Å². The average Bonchev–Trinajstić information content (AvgIpc) is 3.50. The van der Waals surface area contributed by atoms with Crippen LogP contribution in [-0.4, -0.2) is 22.2 Å². The van der Waals surface area contributed by atoms with Crippen LogP contribution in [0.25, 0.3) is 0 Å². The number of carbonyl (C=O) groups is 1. The number of nitrogens with zero attached hydrogens (tertiary/aromatic N) is 3. The lowest BCUT2D eigenvalue weighted by molar-refractivity contribution is -0.116. The van der Waals surface area contributed by atoms with Gasteiger partial charge in [-0.3, -0.25) is 4.79 Å². The normalized spacial score (nSPS) is 15.0. The van der Waals surface area contributed by atoms with Crippen molar-refractivity contribution in [3.63, 3.8) is 0 Å². The lowest BCUT2D eigenvalue weighted by atomic mass is 10.2. The van der Waals surface area contributed by atoms with Crippen molar-refractivity contribution in [1.29, 1.82) is 0 Å². The van der Waals surface area contributed by atoms with E-state index >= 15 is 0 Å². The zero-order valence-corrected chi connectivity index (χ0v) is 17.3. The van der Waals surface area contributed by atoms with Crippen molar-refractivity contribution >= 4 is 34.9 Å². The van der Waals surface area contributed by atoms with E-state index in [9.17, 15) is 4.79 Å². The quantitative estimate of drug-likeness (QED) is 0.611. The first-order chi connectivity index (χ1) is 14.2. The second-order valence-electron chi connectivity index (χ2n) is 7.79. The summed E-state index contributed by atoms with van der Waals surface area (Å²) in [6, 6.07) is 16.8. The SMILES string of the molecule is Cc1cnn(CC2CC2)c1NC(=O)CCN1c2ccccc2Sc2ccccc21. The van der Waals surface area contributed by atoms with Crippen LogP contribution in [0.5, 0.6) is 0 Å². The fraction of sp³-hybridized carbons (Fsp3) is 0.304. The molecule has 148 valence electrons. The van der Waals surface area contributed by atoms with Gasteiger partial charge in [-0.1, -0.05) is 36.0 Å². The number of fused-ring (bicyclic) bond motifs is 2. The van der Waals surface area contributed by atoms with Gasteiger partial charge in [-0.2, -0.15) is 5.10 Å². The molecule has 0 radical (unpaired) electrons. The minimum atomic E-state index is 0.0267. The number of aryl methyl sites for hydroxylation is 1. The van der Waals surface area contributed by atoms with E-state index in [2.05, 4.69) is 63.8 Å². The highest BCUT2D eigenvalue weighted by molar-refractivity contribution is 7.99. The van der Waals surface area contributed by atoms with Gasteiger partial charge in [0.1, 0.15) is 5.82 Å². The lowest BCUT2D eigenvalue weighted by Gasteiger charge is -2.32. The van der Waals surface area contributed by atoms with Crippen LogP contribution < -0.4 is 10.2 Å². The molecule has 6 heteroatoms. The van der Waals surface area contributed by atoms with Crippen molar-refractivity contribution in [2.24, 2.45) is 5.92 Å². The standard InChI is InChI=1S/C23H24N4OS/c1-16-14-24-27(15-17-10-11-17)23(16)25-22(28)12-13-26-18-6-2-4-8-20(18)29-21-9-5-3-7-19(21)26/h2-9,14,17H,10-13,15H2,1H3,(H,25,28). The number of anilines is 3. The van der Waals surface area contributed by atoms with Gasteiger partial charge in [-0.05, 0) is 49.9 Å². The fourth-order valence-corrected chi connectivity index (χ4v) is 4.85. The van der Waals surface area contributed by atoms with E-state index in [0.717, 1.165) is 17.9 Å². The van der Waals surface area contributed by atoms with E-state index in [1.807, 2.05) is 17.8 Å². The Hall–Kier alpha value is -2.73. The van der Waals surface area contributed by atoms with E-state index in [1.165, 1.54) is 34.0 Å². The van der Waals surface area contributed by atoms with Crippen LogP contribution in [0, 0.1) is 12.8 Å². The van der Waals surface area contributed by atoms with Crippen molar-refractivity contribution in [3.05, 3.63) is 60.3 Å². The second kappa shape index (κ2) is 7.59. The van der Waals surface area contributed by atoms with Gasteiger partial charge in [-0.25, -0.2) is 4.68 Å². The zero-order chi connectivity index (χ0) is 19.8. The number of nitrogens with one attached hydrogen (secondary N) is 1. The molecule has 5 nitrogen and oxygen atoms in total. The molecule has 3 aromatic rings. The van der Waals surface area contributed by atoms with Crippen LogP contribution in [0.1, 0.15) is 24.8 Å². The maximum Gasteiger partial charge on any atom is 0.227 e. The lowest BCUT2D eigenvalue weighted by Crippen LogP contribution is -2.26. The second-order valence-corrected chi connectivity index (χ2v) is 8.87. The van der Waals surface area contributed by atoms with Crippen molar-refractivity contribution < 1.29 is 4.79 Å². The molecule has 0 atom stereocenters. The molecule has 1 N–H and O–H groups in total. The van der Waals surface area contributed by atoms with E-state index in [-0.39, 0.29) is 5.91 Å². The van der Waals surface area contributed by atoms with E-state index in [0.29, 0.717) is 18.9 Å². The molecule has 29 heavy (non-hydrogen) atoms. The van der Waals surface area contributed by atoms with Gasteiger partial charge in [0.05, 0.1) is 17.6 Å². The molecule has 1 saturated carbocycles. The zero-order valence-electron chi connectivity index (χ0n) is 16.5. The monoisotopic (exact) mass is 404 g/mol. The Labute approximate surface area is 175 Å². The summed E-state index contributed by atoms with van der Waals surface area (Å²) in [4.78, 5) is 17.5. The highest BCUT2D eigenvalue weighted by Gasteiger charge is 2.25. The Morgan fingerprint density at radius 2 is 1.76 bits per heavy atom. The van der Waals surface area contributed by atoms with Gasteiger partial charge in [0.15, 0.2) is 0 Å². The minimum absolute atomic E-state index is 0.0267. The predicted molar refractivity (Wildman–Crippen MR) is 117 cm³/mol. The molecule has 0 saturated heterocycles. The van der Waals surface area contributed by atoms with Gasteiger partial charge >= 0.3 is 0 Å². The van der Waals surface area contributed by atoms with Crippen LogP contribution in [0.2, 0.25) is 0 Å². The summed E-state index contributed by atoms with van der Waals surface area (Å²) in [5.41, 5.74) is 3.35. The van der Waals surface area contributed by atoms with E-state index in [1.54, 1.807) is 11.8 Å². The van der Waals surface area contributed by atoms with Crippen LogP contribution >= 0.6 is 11.8 Å². The largest absolute Gasteiger partial charge is 0.339 e. The summed E-state index contributed by atoms with van der Waals surface area (Å²) in [6.45, 7) is 3.53. The minimum Gasteiger partial charge on any atom is -0.339 e. The Kier molecular flexibility index (Phi) is 4.79. The smallest absolute Gasteiger partial charge is 0.227 e.